The molecule has 1 aliphatic carbocycles. The van der Waals surface area contributed by atoms with Gasteiger partial charge in [0.25, 0.3) is 0 Å². The van der Waals surface area contributed by atoms with Crippen molar-refractivity contribution in [1.29, 1.82) is 0 Å². The third-order valence-corrected chi connectivity index (χ3v) is 6.13. The zero-order valence-corrected chi connectivity index (χ0v) is 16.6. The summed E-state index contributed by atoms with van der Waals surface area (Å²) in [5, 5.41) is 0. The van der Waals surface area contributed by atoms with E-state index >= 15 is 0 Å². The summed E-state index contributed by atoms with van der Waals surface area (Å²) in [5.41, 5.74) is 7.24. The Morgan fingerprint density at radius 1 is 1.17 bits per heavy atom. The Morgan fingerprint density at radius 2 is 2.00 bits per heavy atom. The molecule has 0 aliphatic heterocycles. The van der Waals surface area contributed by atoms with Crippen LogP contribution in [0.1, 0.15) is 57.2 Å². The van der Waals surface area contributed by atoms with Crippen LogP contribution in [0.15, 0.2) is 40.8 Å². The zero-order valence-electron chi connectivity index (χ0n) is 14.1. The molecule has 0 fully saturated rings. The van der Waals surface area contributed by atoms with E-state index in [-0.39, 0.29) is 0 Å². The summed E-state index contributed by atoms with van der Waals surface area (Å²) in [6.07, 6.45) is 10.3. The Labute approximate surface area is 154 Å². The van der Waals surface area contributed by atoms with Crippen molar-refractivity contribution >= 4 is 11.6 Å². The SMILES string of the molecule is CC=CCCCc1c(C)ccc2c1C=C(c1ccc(C)o1)[CH]2[Zr]. The van der Waals surface area contributed by atoms with Gasteiger partial charge < -0.3 is 0 Å². The van der Waals surface area contributed by atoms with Crippen molar-refractivity contribution in [3.63, 3.8) is 0 Å². The molecule has 1 nitrogen and oxygen atoms in total. The molecule has 2 heteroatoms. The molecule has 1 heterocycles. The van der Waals surface area contributed by atoms with Gasteiger partial charge in [-0.2, -0.15) is 0 Å². The predicted molar refractivity (Wildman–Crippen MR) is 93.0 cm³/mol. The molecule has 1 atom stereocenters. The topological polar surface area (TPSA) is 13.1 Å². The van der Waals surface area contributed by atoms with Crippen LogP contribution < -0.4 is 0 Å². The van der Waals surface area contributed by atoms with Gasteiger partial charge in [-0.25, -0.2) is 0 Å². The molecule has 23 heavy (non-hydrogen) atoms. The summed E-state index contributed by atoms with van der Waals surface area (Å²) in [4.78, 5) is 0. The molecule has 1 aromatic heterocycles. The zero-order chi connectivity index (χ0) is 16.4. The Bertz CT molecular complexity index is 764. The number of rotatable bonds is 5. The molecule has 117 valence electrons. The first kappa shape index (κ1) is 16.7. The van der Waals surface area contributed by atoms with Gasteiger partial charge in [-0.3, -0.25) is 0 Å². The number of benzene rings is 1. The Balaban J connectivity index is 1.94. The monoisotopic (exact) mass is 381 g/mol. The van der Waals surface area contributed by atoms with E-state index in [0.717, 1.165) is 24.4 Å². The van der Waals surface area contributed by atoms with Gasteiger partial charge >= 0.3 is 155 Å². The van der Waals surface area contributed by atoms with Crippen molar-refractivity contribution in [3.05, 3.63) is 70.2 Å². The summed E-state index contributed by atoms with van der Waals surface area (Å²) >= 11 is 1.53. The van der Waals surface area contributed by atoms with E-state index in [1.54, 1.807) is 0 Å². The van der Waals surface area contributed by atoms with Crippen LogP contribution in [0, 0.1) is 13.8 Å². The molecular weight excluding hydrogens is 359 g/mol. The van der Waals surface area contributed by atoms with E-state index in [1.807, 2.05) is 6.92 Å². The number of furan rings is 1. The Kier molecular flexibility index (Phi) is 5.22. The van der Waals surface area contributed by atoms with Crippen LogP contribution in [0.25, 0.3) is 11.6 Å². The first-order valence-electron chi connectivity index (χ1n) is 8.35. The molecular formula is C21H23OZr. The van der Waals surface area contributed by atoms with Crippen LogP contribution in [0.5, 0.6) is 0 Å². The Morgan fingerprint density at radius 3 is 2.70 bits per heavy atom. The predicted octanol–water partition coefficient (Wildman–Crippen LogP) is 5.94. The Hall–Kier alpha value is -1.14. The molecule has 0 amide bonds. The van der Waals surface area contributed by atoms with Crippen LogP contribution in [0.3, 0.4) is 0 Å². The third kappa shape index (κ3) is 3.38. The molecule has 0 radical (unpaired) electrons. The first-order valence-corrected chi connectivity index (χ1v) is 9.76. The number of aryl methyl sites for hydroxylation is 2. The number of hydrogen-bond donors (Lipinski definition) is 0. The minimum absolute atomic E-state index is 0.498. The molecule has 0 bridgehead atoms. The fourth-order valence-electron chi connectivity index (χ4n) is 3.32. The fraction of sp³-hybridized carbons (Fsp3) is 0.333. The van der Waals surface area contributed by atoms with Crippen LogP contribution in [0.2, 0.25) is 0 Å². The van der Waals surface area contributed by atoms with Crippen LogP contribution >= 0.6 is 0 Å². The number of fused-ring (bicyclic) bond motifs is 1. The van der Waals surface area contributed by atoms with Gasteiger partial charge in [0.05, 0.1) is 0 Å². The summed E-state index contributed by atoms with van der Waals surface area (Å²) in [6.45, 7) is 6.35. The fourth-order valence-corrected chi connectivity index (χ4v) is 4.49. The number of hydrogen-bond acceptors (Lipinski definition) is 1. The maximum absolute atomic E-state index is 5.89. The van der Waals surface area contributed by atoms with Crippen LogP contribution in [-0.2, 0) is 31.1 Å². The normalized spacial score (nSPS) is 16.8. The molecule has 0 N–H and O–H groups in total. The van der Waals surface area contributed by atoms with Gasteiger partial charge in [-0.1, -0.05) is 0 Å². The van der Waals surface area contributed by atoms with E-state index in [0.29, 0.717) is 3.63 Å². The molecule has 0 spiro atoms. The van der Waals surface area contributed by atoms with Crippen molar-refractivity contribution < 1.29 is 29.1 Å². The quantitative estimate of drug-likeness (QED) is 0.461. The van der Waals surface area contributed by atoms with Crippen molar-refractivity contribution in [2.24, 2.45) is 0 Å². The van der Waals surface area contributed by atoms with Crippen molar-refractivity contribution in [2.45, 2.75) is 43.7 Å². The van der Waals surface area contributed by atoms with Gasteiger partial charge in [0, 0.05) is 0 Å². The van der Waals surface area contributed by atoms with E-state index in [9.17, 15) is 0 Å². The molecule has 1 unspecified atom stereocenters. The molecule has 1 aliphatic rings. The summed E-state index contributed by atoms with van der Waals surface area (Å²) in [6, 6.07) is 8.79. The van der Waals surface area contributed by atoms with Crippen molar-refractivity contribution in [1.82, 2.24) is 0 Å². The second-order valence-electron chi connectivity index (χ2n) is 6.27. The number of unbranched alkanes of at least 4 members (excludes halogenated alkanes) is 1. The van der Waals surface area contributed by atoms with Crippen molar-refractivity contribution in [2.75, 3.05) is 0 Å². The van der Waals surface area contributed by atoms with Gasteiger partial charge in [-0.15, -0.1) is 0 Å². The average molecular weight is 383 g/mol. The number of allylic oxidation sites excluding steroid dienone is 3. The minimum atomic E-state index is 0.498. The van der Waals surface area contributed by atoms with E-state index in [2.05, 4.69) is 56.3 Å². The standard InChI is InChI=1S/C21H23O.Zr/c1-4-5-6-7-8-19-15(2)9-11-17-13-18(14-20(17)19)21-12-10-16(3)22-21;/h4-5,9-14H,6-8H2,1-3H3;. The van der Waals surface area contributed by atoms with E-state index < -0.39 is 0 Å². The van der Waals surface area contributed by atoms with Crippen LogP contribution in [-0.4, -0.2) is 0 Å². The average Bonchev–Trinajstić information content (AvgIpc) is 3.09. The molecule has 0 saturated heterocycles. The van der Waals surface area contributed by atoms with Crippen LogP contribution in [0.4, 0.5) is 0 Å². The molecule has 0 saturated carbocycles. The third-order valence-electron chi connectivity index (χ3n) is 4.61. The molecule has 2 aromatic rings. The summed E-state index contributed by atoms with van der Waals surface area (Å²) in [5.74, 6) is 2.03. The van der Waals surface area contributed by atoms with Gasteiger partial charge in [0.15, 0.2) is 0 Å². The summed E-state index contributed by atoms with van der Waals surface area (Å²) < 4.78 is 6.39. The first-order chi connectivity index (χ1) is 11.1. The summed E-state index contributed by atoms with van der Waals surface area (Å²) in [7, 11) is 0. The van der Waals surface area contributed by atoms with E-state index in [1.165, 1.54) is 59.0 Å². The van der Waals surface area contributed by atoms with E-state index in [4.69, 9.17) is 4.42 Å². The molecule has 1 aromatic carbocycles. The molecule has 3 rings (SSSR count). The maximum atomic E-state index is 5.89. The second-order valence-corrected chi connectivity index (χ2v) is 7.69. The van der Waals surface area contributed by atoms with Gasteiger partial charge in [-0.05, 0) is 0 Å². The van der Waals surface area contributed by atoms with Crippen molar-refractivity contribution in [3.8, 4) is 0 Å². The van der Waals surface area contributed by atoms with Gasteiger partial charge in [0.1, 0.15) is 0 Å². The van der Waals surface area contributed by atoms with Gasteiger partial charge in [0.2, 0.25) is 0 Å². The second kappa shape index (κ2) is 7.18.